The number of anilines is 1. The SMILES string of the molecule is CCCS(=O)(=O)c1ccc(NCCCCCOC)cc1. The Hall–Kier alpha value is -1.07. The lowest BCUT2D eigenvalue weighted by Gasteiger charge is -2.08. The second kappa shape index (κ2) is 8.97. The maximum Gasteiger partial charge on any atom is 0.178 e. The number of unbranched alkanes of at least 4 members (excludes halogenated alkanes) is 2. The van der Waals surface area contributed by atoms with Crippen LogP contribution in [-0.4, -0.2) is 34.4 Å². The summed E-state index contributed by atoms with van der Waals surface area (Å²) in [7, 11) is -1.39. The van der Waals surface area contributed by atoms with E-state index in [1.54, 1.807) is 19.2 Å². The molecule has 4 nitrogen and oxygen atoms in total. The Labute approximate surface area is 122 Å². The van der Waals surface area contributed by atoms with E-state index in [-0.39, 0.29) is 5.75 Å². The zero-order chi connectivity index (χ0) is 14.8. The quantitative estimate of drug-likeness (QED) is 0.675. The molecule has 0 heterocycles. The van der Waals surface area contributed by atoms with E-state index < -0.39 is 9.84 Å². The Morgan fingerprint density at radius 2 is 1.80 bits per heavy atom. The van der Waals surface area contributed by atoms with Crippen molar-refractivity contribution in [1.29, 1.82) is 0 Å². The zero-order valence-electron chi connectivity index (χ0n) is 12.4. The van der Waals surface area contributed by atoms with E-state index in [0.29, 0.717) is 11.3 Å². The Morgan fingerprint density at radius 3 is 2.40 bits per heavy atom. The van der Waals surface area contributed by atoms with Crippen LogP contribution in [0.1, 0.15) is 32.6 Å². The number of methoxy groups -OCH3 is 1. The first-order valence-electron chi connectivity index (χ1n) is 7.16. The number of hydrogen-bond acceptors (Lipinski definition) is 4. The summed E-state index contributed by atoms with van der Waals surface area (Å²) in [6.07, 6.45) is 3.93. The molecule has 0 aromatic heterocycles. The number of rotatable bonds is 10. The highest BCUT2D eigenvalue weighted by Gasteiger charge is 2.12. The van der Waals surface area contributed by atoms with Crippen LogP contribution in [0.2, 0.25) is 0 Å². The van der Waals surface area contributed by atoms with Crippen LogP contribution in [0.25, 0.3) is 0 Å². The normalized spacial score (nSPS) is 11.5. The van der Waals surface area contributed by atoms with Gasteiger partial charge >= 0.3 is 0 Å². The zero-order valence-corrected chi connectivity index (χ0v) is 13.2. The van der Waals surface area contributed by atoms with Crippen molar-refractivity contribution >= 4 is 15.5 Å². The summed E-state index contributed by atoms with van der Waals surface area (Å²) in [4.78, 5) is 0.407. The van der Waals surface area contributed by atoms with E-state index in [4.69, 9.17) is 4.74 Å². The Kier molecular flexibility index (Phi) is 7.62. The molecule has 0 atom stereocenters. The Balaban J connectivity index is 2.39. The van der Waals surface area contributed by atoms with Crippen molar-refractivity contribution in [2.24, 2.45) is 0 Å². The van der Waals surface area contributed by atoms with E-state index in [9.17, 15) is 8.42 Å². The van der Waals surface area contributed by atoms with Crippen LogP contribution in [0.4, 0.5) is 5.69 Å². The number of nitrogens with one attached hydrogen (secondary N) is 1. The van der Waals surface area contributed by atoms with Gasteiger partial charge in [-0.05, 0) is 49.9 Å². The molecule has 0 spiro atoms. The van der Waals surface area contributed by atoms with Crippen molar-refractivity contribution in [2.45, 2.75) is 37.5 Å². The first kappa shape index (κ1) is 17.0. The minimum atomic E-state index is -3.10. The summed E-state index contributed by atoms with van der Waals surface area (Å²) in [5.74, 6) is 0.208. The van der Waals surface area contributed by atoms with Gasteiger partial charge in [-0.25, -0.2) is 8.42 Å². The average Bonchev–Trinajstić information content (AvgIpc) is 2.43. The van der Waals surface area contributed by atoms with Gasteiger partial charge in [-0.2, -0.15) is 0 Å². The van der Waals surface area contributed by atoms with E-state index in [1.165, 1.54) is 0 Å². The summed E-state index contributed by atoms with van der Waals surface area (Å²) < 4.78 is 28.7. The van der Waals surface area contributed by atoms with Crippen LogP contribution in [0.3, 0.4) is 0 Å². The summed E-state index contributed by atoms with van der Waals surface area (Å²) in [5, 5.41) is 3.30. The minimum Gasteiger partial charge on any atom is -0.385 e. The predicted molar refractivity (Wildman–Crippen MR) is 83.0 cm³/mol. The molecule has 0 amide bonds. The van der Waals surface area contributed by atoms with Gasteiger partial charge in [0.2, 0.25) is 0 Å². The van der Waals surface area contributed by atoms with Crippen molar-refractivity contribution in [1.82, 2.24) is 0 Å². The molecule has 20 heavy (non-hydrogen) atoms. The van der Waals surface area contributed by atoms with Crippen LogP contribution in [0.15, 0.2) is 29.2 Å². The molecule has 5 heteroatoms. The molecule has 0 bridgehead atoms. The molecule has 0 radical (unpaired) electrons. The molecule has 0 saturated carbocycles. The molecular weight excluding hydrogens is 274 g/mol. The van der Waals surface area contributed by atoms with Crippen molar-refractivity contribution in [3.8, 4) is 0 Å². The monoisotopic (exact) mass is 299 g/mol. The van der Waals surface area contributed by atoms with Gasteiger partial charge in [0.15, 0.2) is 9.84 Å². The van der Waals surface area contributed by atoms with E-state index in [1.807, 2.05) is 19.1 Å². The van der Waals surface area contributed by atoms with Crippen molar-refractivity contribution in [2.75, 3.05) is 31.3 Å². The van der Waals surface area contributed by atoms with Crippen molar-refractivity contribution in [3.05, 3.63) is 24.3 Å². The van der Waals surface area contributed by atoms with Gasteiger partial charge in [0.05, 0.1) is 10.6 Å². The van der Waals surface area contributed by atoms with Crippen molar-refractivity contribution < 1.29 is 13.2 Å². The number of benzene rings is 1. The lowest BCUT2D eigenvalue weighted by molar-refractivity contribution is 0.192. The van der Waals surface area contributed by atoms with E-state index >= 15 is 0 Å². The first-order valence-corrected chi connectivity index (χ1v) is 8.81. The minimum absolute atomic E-state index is 0.208. The maximum absolute atomic E-state index is 11.9. The standard InChI is InChI=1S/C15H25NO3S/c1-3-13-20(17,18)15-9-7-14(8-10-15)16-11-5-4-6-12-19-2/h7-10,16H,3-6,11-13H2,1-2H3. The summed E-state index contributed by atoms with van der Waals surface area (Å²) in [6, 6.07) is 7.02. The van der Waals surface area contributed by atoms with Gasteiger partial charge < -0.3 is 10.1 Å². The van der Waals surface area contributed by atoms with Crippen LogP contribution in [0, 0.1) is 0 Å². The van der Waals surface area contributed by atoms with Gasteiger partial charge in [-0.3, -0.25) is 0 Å². The smallest absolute Gasteiger partial charge is 0.178 e. The first-order chi connectivity index (χ1) is 9.60. The van der Waals surface area contributed by atoms with Crippen LogP contribution in [0.5, 0.6) is 0 Å². The van der Waals surface area contributed by atoms with E-state index in [2.05, 4.69) is 5.32 Å². The third-order valence-corrected chi connectivity index (χ3v) is 4.98. The maximum atomic E-state index is 11.9. The lowest BCUT2D eigenvalue weighted by atomic mass is 10.2. The van der Waals surface area contributed by atoms with Gasteiger partial charge in [0.25, 0.3) is 0 Å². The fourth-order valence-corrected chi connectivity index (χ4v) is 3.27. The lowest BCUT2D eigenvalue weighted by Crippen LogP contribution is -2.06. The highest BCUT2D eigenvalue weighted by Crippen LogP contribution is 2.16. The Bertz CT molecular complexity index is 468. The fourth-order valence-electron chi connectivity index (χ4n) is 1.95. The van der Waals surface area contributed by atoms with Crippen LogP contribution < -0.4 is 5.32 Å². The van der Waals surface area contributed by atoms with Crippen molar-refractivity contribution in [3.63, 3.8) is 0 Å². The summed E-state index contributed by atoms with van der Waals surface area (Å²) in [5.41, 5.74) is 0.965. The van der Waals surface area contributed by atoms with Gasteiger partial charge in [-0.1, -0.05) is 6.92 Å². The molecule has 0 aliphatic heterocycles. The number of ether oxygens (including phenoxy) is 1. The molecule has 1 rings (SSSR count). The third kappa shape index (κ3) is 5.92. The number of sulfone groups is 1. The molecule has 0 fully saturated rings. The Morgan fingerprint density at radius 1 is 1.10 bits per heavy atom. The number of hydrogen-bond donors (Lipinski definition) is 1. The second-order valence-electron chi connectivity index (χ2n) is 4.82. The van der Waals surface area contributed by atoms with E-state index in [0.717, 1.165) is 38.1 Å². The fraction of sp³-hybridized carbons (Fsp3) is 0.600. The highest BCUT2D eigenvalue weighted by atomic mass is 32.2. The van der Waals surface area contributed by atoms with Crippen LogP contribution in [-0.2, 0) is 14.6 Å². The average molecular weight is 299 g/mol. The molecule has 0 saturated heterocycles. The van der Waals surface area contributed by atoms with Crippen LogP contribution >= 0.6 is 0 Å². The molecule has 114 valence electrons. The molecule has 0 aliphatic rings. The molecule has 0 aliphatic carbocycles. The molecular formula is C15H25NO3S. The summed E-state index contributed by atoms with van der Waals surface area (Å²) in [6.45, 7) is 3.58. The predicted octanol–water partition coefficient (Wildman–Crippen LogP) is 3.10. The van der Waals surface area contributed by atoms with Gasteiger partial charge in [0.1, 0.15) is 0 Å². The summed E-state index contributed by atoms with van der Waals surface area (Å²) >= 11 is 0. The molecule has 1 aromatic rings. The van der Waals surface area contributed by atoms with Gasteiger partial charge in [0, 0.05) is 25.9 Å². The molecule has 0 unspecified atom stereocenters. The largest absolute Gasteiger partial charge is 0.385 e. The third-order valence-electron chi connectivity index (χ3n) is 3.04. The second-order valence-corrected chi connectivity index (χ2v) is 6.93. The topological polar surface area (TPSA) is 55.4 Å². The molecule has 1 aromatic carbocycles. The van der Waals surface area contributed by atoms with Gasteiger partial charge in [-0.15, -0.1) is 0 Å². The molecule has 1 N–H and O–H groups in total. The highest BCUT2D eigenvalue weighted by molar-refractivity contribution is 7.91.